The number of nitrogens with one attached hydrogen (secondary N) is 1. The molecule has 3 aromatic rings. The molecule has 1 aromatic heterocycles. The van der Waals surface area contributed by atoms with E-state index in [0.717, 1.165) is 24.9 Å². The lowest BCUT2D eigenvalue weighted by molar-refractivity contribution is -0.117. The minimum absolute atomic E-state index is 0.129. The third-order valence-electron chi connectivity index (χ3n) is 4.59. The van der Waals surface area contributed by atoms with Gasteiger partial charge in [0, 0.05) is 11.6 Å². The fourth-order valence-corrected chi connectivity index (χ4v) is 3.38. The SMILES string of the molecule is O=C(CN1CCC[C@@H]1c1ccccc1)Nc1nnc(-c2ccccc2)o1. The van der Waals surface area contributed by atoms with Crippen molar-refractivity contribution in [1.82, 2.24) is 15.1 Å². The zero-order chi connectivity index (χ0) is 17.8. The van der Waals surface area contributed by atoms with Crippen molar-refractivity contribution in [2.75, 3.05) is 18.4 Å². The minimum atomic E-state index is -0.143. The van der Waals surface area contributed by atoms with Gasteiger partial charge in [0.2, 0.25) is 11.8 Å². The Morgan fingerprint density at radius 3 is 2.58 bits per heavy atom. The van der Waals surface area contributed by atoms with E-state index in [2.05, 4.69) is 32.5 Å². The number of anilines is 1. The van der Waals surface area contributed by atoms with Crippen LogP contribution in [0.1, 0.15) is 24.4 Å². The number of carbonyl (C=O) groups excluding carboxylic acids is 1. The molecule has 1 aliphatic heterocycles. The van der Waals surface area contributed by atoms with Crippen LogP contribution in [0.3, 0.4) is 0 Å². The van der Waals surface area contributed by atoms with E-state index in [9.17, 15) is 4.79 Å². The van der Waals surface area contributed by atoms with Crippen LogP contribution in [0.2, 0.25) is 0 Å². The molecule has 0 radical (unpaired) electrons. The summed E-state index contributed by atoms with van der Waals surface area (Å²) in [6.45, 7) is 1.22. The van der Waals surface area contributed by atoms with Crippen LogP contribution in [0, 0.1) is 0 Å². The maximum Gasteiger partial charge on any atom is 0.322 e. The predicted octanol–water partition coefficient (Wildman–Crippen LogP) is 3.51. The van der Waals surface area contributed by atoms with Gasteiger partial charge < -0.3 is 4.42 Å². The van der Waals surface area contributed by atoms with Crippen LogP contribution in [0.25, 0.3) is 11.5 Å². The highest BCUT2D eigenvalue weighted by Crippen LogP contribution is 2.31. The van der Waals surface area contributed by atoms with Crippen LogP contribution in [0.15, 0.2) is 65.1 Å². The van der Waals surface area contributed by atoms with Crippen LogP contribution in [0.4, 0.5) is 6.01 Å². The second-order valence-corrected chi connectivity index (χ2v) is 6.37. The Balaban J connectivity index is 1.39. The first-order chi connectivity index (χ1) is 12.8. The van der Waals surface area contributed by atoms with Crippen LogP contribution in [0.5, 0.6) is 0 Å². The van der Waals surface area contributed by atoms with Gasteiger partial charge in [-0.1, -0.05) is 53.6 Å². The Hall–Kier alpha value is -2.99. The molecule has 26 heavy (non-hydrogen) atoms. The molecule has 1 fully saturated rings. The average Bonchev–Trinajstić information content (AvgIpc) is 3.33. The summed E-state index contributed by atoms with van der Waals surface area (Å²) in [6.07, 6.45) is 2.15. The van der Waals surface area contributed by atoms with E-state index in [4.69, 9.17) is 4.42 Å². The number of likely N-dealkylation sites (tertiary alicyclic amines) is 1. The van der Waals surface area contributed by atoms with Gasteiger partial charge in [0.1, 0.15) is 0 Å². The molecule has 132 valence electrons. The van der Waals surface area contributed by atoms with Gasteiger partial charge in [0.15, 0.2) is 0 Å². The lowest BCUT2D eigenvalue weighted by Crippen LogP contribution is -2.33. The number of carbonyl (C=O) groups is 1. The number of nitrogens with zero attached hydrogens (tertiary/aromatic N) is 3. The van der Waals surface area contributed by atoms with E-state index in [1.54, 1.807) is 0 Å². The maximum atomic E-state index is 12.4. The third-order valence-corrected chi connectivity index (χ3v) is 4.59. The van der Waals surface area contributed by atoms with Crippen LogP contribution in [-0.2, 0) is 4.79 Å². The molecular formula is C20H20N4O2. The third kappa shape index (κ3) is 3.65. The van der Waals surface area contributed by atoms with Crippen molar-refractivity contribution in [3.8, 4) is 11.5 Å². The summed E-state index contributed by atoms with van der Waals surface area (Å²) >= 11 is 0. The number of benzene rings is 2. The van der Waals surface area contributed by atoms with E-state index in [-0.39, 0.29) is 18.0 Å². The molecule has 0 aliphatic carbocycles. The van der Waals surface area contributed by atoms with Crippen LogP contribution in [-0.4, -0.2) is 34.1 Å². The summed E-state index contributed by atoms with van der Waals surface area (Å²) in [6, 6.07) is 20.2. The Morgan fingerprint density at radius 2 is 1.81 bits per heavy atom. The summed E-state index contributed by atoms with van der Waals surface area (Å²) in [5.41, 5.74) is 2.08. The molecular weight excluding hydrogens is 328 g/mol. The molecule has 0 bridgehead atoms. The summed E-state index contributed by atoms with van der Waals surface area (Å²) in [5, 5.41) is 10.6. The average molecular weight is 348 g/mol. The van der Waals surface area contributed by atoms with Crippen molar-refractivity contribution in [3.63, 3.8) is 0 Å². The Bertz CT molecular complexity index is 864. The molecule has 6 heteroatoms. The van der Waals surface area contributed by atoms with E-state index >= 15 is 0 Å². The zero-order valence-electron chi connectivity index (χ0n) is 14.3. The molecule has 0 spiro atoms. The molecule has 1 atom stereocenters. The summed E-state index contributed by atoms with van der Waals surface area (Å²) < 4.78 is 5.54. The maximum absolute atomic E-state index is 12.4. The highest BCUT2D eigenvalue weighted by Gasteiger charge is 2.27. The fourth-order valence-electron chi connectivity index (χ4n) is 3.38. The summed E-state index contributed by atoms with van der Waals surface area (Å²) in [5.74, 6) is 0.250. The van der Waals surface area contributed by atoms with Gasteiger partial charge in [-0.25, -0.2) is 0 Å². The van der Waals surface area contributed by atoms with Gasteiger partial charge in [-0.15, -0.1) is 5.10 Å². The molecule has 1 aliphatic rings. The first kappa shape index (κ1) is 16.5. The number of aromatic nitrogens is 2. The predicted molar refractivity (Wildman–Crippen MR) is 98.4 cm³/mol. The summed E-state index contributed by atoms with van der Waals surface area (Å²) in [7, 11) is 0. The smallest absolute Gasteiger partial charge is 0.322 e. The molecule has 0 saturated carbocycles. The Kier molecular flexibility index (Phi) is 4.75. The molecule has 2 aromatic carbocycles. The largest absolute Gasteiger partial charge is 0.403 e. The van der Waals surface area contributed by atoms with Gasteiger partial charge >= 0.3 is 6.01 Å². The lowest BCUT2D eigenvalue weighted by atomic mass is 10.0. The van der Waals surface area contributed by atoms with Crippen molar-refractivity contribution in [1.29, 1.82) is 0 Å². The number of rotatable bonds is 5. The van der Waals surface area contributed by atoms with E-state index in [1.165, 1.54) is 5.56 Å². The van der Waals surface area contributed by atoms with Crippen molar-refractivity contribution in [2.24, 2.45) is 0 Å². The second kappa shape index (κ2) is 7.49. The lowest BCUT2D eigenvalue weighted by Gasteiger charge is -2.23. The molecule has 1 amide bonds. The number of hydrogen-bond donors (Lipinski definition) is 1. The topological polar surface area (TPSA) is 71.3 Å². The van der Waals surface area contributed by atoms with E-state index in [0.29, 0.717) is 12.4 Å². The van der Waals surface area contributed by atoms with Crippen molar-refractivity contribution >= 4 is 11.9 Å². The second-order valence-electron chi connectivity index (χ2n) is 6.37. The first-order valence-electron chi connectivity index (χ1n) is 8.77. The number of hydrogen-bond acceptors (Lipinski definition) is 5. The summed E-state index contributed by atoms with van der Waals surface area (Å²) in [4.78, 5) is 14.6. The van der Waals surface area contributed by atoms with Crippen molar-refractivity contribution < 1.29 is 9.21 Å². The van der Waals surface area contributed by atoms with Crippen LogP contribution >= 0.6 is 0 Å². The highest BCUT2D eigenvalue weighted by atomic mass is 16.4. The van der Waals surface area contributed by atoms with Crippen molar-refractivity contribution in [2.45, 2.75) is 18.9 Å². The zero-order valence-corrected chi connectivity index (χ0v) is 14.3. The van der Waals surface area contributed by atoms with Crippen molar-refractivity contribution in [3.05, 3.63) is 66.2 Å². The van der Waals surface area contributed by atoms with Gasteiger partial charge in [-0.2, -0.15) is 0 Å². The number of amides is 1. The van der Waals surface area contributed by atoms with Gasteiger partial charge in [-0.05, 0) is 37.1 Å². The highest BCUT2D eigenvalue weighted by molar-refractivity contribution is 5.90. The monoisotopic (exact) mass is 348 g/mol. The fraction of sp³-hybridized carbons (Fsp3) is 0.250. The molecule has 2 heterocycles. The minimum Gasteiger partial charge on any atom is -0.403 e. The molecule has 1 N–H and O–H groups in total. The van der Waals surface area contributed by atoms with E-state index < -0.39 is 0 Å². The first-order valence-corrected chi connectivity index (χ1v) is 8.77. The van der Waals surface area contributed by atoms with E-state index in [1.807, 2.05) is 48.5 Å². The van der Waals surface area contributed by atoms with Crippen LogP contribution < -0.4 is 5.32 Å². The quantitative estimate of drug-likeness (QED) is 0.764. The standard InChI is InChI=1S/C20H20N4O2/c25-18(14-24-13-7-12-17(24)15-8-3-1-4-9-15)21-20-23-22-19(26-20)16-10-5-2-6-11-16/h1-6,8-11,17H,7,12-14H2,(H,21,23,25)/t17-/m1/s1. The molecule has 0 unspecified atom stereocenters. The molecule has 6 nitrogen and oxygen atoms in total. The Labute approximate surface area is 151 Å². The van der Waals surface area contributed by atoms with Gasteiger partial charge in [0.05, 0.1) is 6.54 Å². The normalized spacial score (nSPS) is 17.3. The molecule has 4 rings (SSSR count). The Morgan fingerprint density at radius 1 is 1.08 bits per heavy atom. The van der Waals surface area contributed by atoms with Gasteiger partial charge in [-0.3, -0.25) is 15.0 Å². The molecule has 1 saturated heterocycles. The van der Waals surface area contributed by atoms with Gasteiger partial charge in [0.25, 0.3) is 0 Å².